The lowest BCUT2D eigenvalue weighted by molar-refractivity contribution is -0.137. The SMILES string of the molecule is Cc1ccc(C2C(C#N)=C(SCC(=O)Nc3ccccc3C(F)(F)F)NC3=C2C(=O)CCC3)cc1. The number of thioether (sulfide) groups is 1. The van der Waals surface area contributed by atoms with Crippen molar-refractivity contribution in [2.24, 2.45) is 0 Å². The molecule has 9 heteroatoms. The summed E-state index contributed by atoms with van der Waals surface area (Å²) in [7, 11) is 0. The van der Waals surface area contributed by atoms with Gasteiger partial charge < -0.3 is 10.6 Å². The van der Waals surface area contributed by atoms with Crippen LogP contribution >= 0.6 is 11.8 Å². The van der Waals surface area contributed by atoms with Gasteiger partial charge in [0, 0.05) is 17.7 Å². The van der Waals surface area contributed by atoms with Crippen molar-refractivity contribution in [1.29, 1.82) is 5.26 Å². The van der Waals surface area contributed by atoms with E-state index in [4.69, 9.17) is 0 Å². The van der Waals surface area contributed by atoms with Gasteiger partial charge in [-0.2, -0.15) is 18.4 Å². The summed E-state index contributed by atoms with van der Waals surface area (Å²) >= 11 is 1.04. The standard InChI is InChI=1S/C26H22F3N3O2S/c1-15-9-11-16(12-10-15)23-17(13-30)25(32-20-7-4-8-21(33)24(20)23)35-14-22(34)31-19-6-3-2-5-18(19)26(27,28)29/h2-3,5-6,9-12,23,32H,4,7-8,14H2,1H3,(H,31,34). The first-order valence-corrected chi connectivity index (χ1v) is 12.0. The van der Waals surface area contributed by atoms with Gasteiger partial charge in [0.25, 0.3) is 0 Å². The Morgan fingerprint density at radius 2 is 1.89 bits per heavy atom. The fourth-order valence-electron chi connectivity index (χ4n) is 4.29. The molecule has 2 aromatic rings. The van der Waals surface area contributed by atoms with Gasteiger partial charge >= 0.3 is 6.18 Å². The molecule has 1 unspecified atom stereocenters. The highest BCUT2D eigenvalue weighted by atomic mass is 32.2. The van der Waals surface area contributed by atoms with E-state index in [1.54, 1.807) is 0 Å². The minimum Gasteiger partial charge on any atom is -0.352 e. The van der Waals surface area contributed by atoms with Crippen LogP contribution in [0, 0.1) is 18.3 Å². The number of halogens is 3. The molecule has 4 rings (SSSR count). The number of rotatable bonds is 5. The molecule has 0 aromatic heterocycles. The van der Waals surface area contributed by atoms with E-state index in [1.807, 2.05) is 31.2 Å². The van der Waals surface area contributed by atoms with Crippen LogP contribution in [0.4, 0.5) is 18.9 Å². The van der Waals surface area contributed by atoms with Crippen molar-refractivity contribution < 1.29 is 22.8 Å². The average Bonchev–Trinajstić information content (AvgIpc) is 2.82. The molecule has 35 heavy (non-hydrogen) atoms. The van der Waals surface area contributed by atoms with Gasteiger partial charge in [0.1, 0.15) is 0 Å². The number of benzene rings is 2. The molecular weight excluding hydrogens is 475 g/mol. The number of nitrogens with one attached hydrogen (secondary N) is 2. The zero-order valence-corrected chi connectivity index (χ0v) is 19.6. The molecule has 5 nitrogen and oxygen atoms in total. The van der Waals surface area contributed by atoms with Crippen LogP contribution in [-0.4, -0.2) is 17.4 Å². The smallest absolute Gasteiger partial charge is 0.352 e. The molecule has 1 atom stereocenters. The molecule has 180 valence electrons. The third-order valence-electron chi connectivity index (χ3n) is 5.93. The van der Waals surface area contributed by atoms with E-state index in [0.29, 0.717) is 35.4 Å². The fraction of sp³-hybridized carbons (Fsp3) is 0.269. The number of Topliss-reactive ketones (excluding diaryl/α,β-unsaturated/α-hetero) is 1. The van der Waals surface area contributed by atoms with Crippen LogP contribution < -0.4 is 10.6 Å². The van der Waals surface area contributed by atoms with E-state index in [2.05, 4.69) is 16.7 Å². The van der Waals surface area contributed by atoms with Gasteiger partial charge in [-0.05, 0) is 37.5 Å². The van der Waals surface area contributed by atoms with Crippen LogP contribution in [0.25, 0.3) is 0 Å². The number of ketones is 1. The summed E-state index contributed by atoms with van der Waals surface area (Å²) in [5, 5.41) is 16.0. The lowest BCUT2D eigenvalue weighted by atomic mass is 9.77. The highest BCUT2D eigenvalue weighted by Gasteiger charge is 2.37. The Morgan fingerprint density at radius 1 is 1.17 bits per heavy atom. The first kappa shape index (κ1) is 24.6. The number of nitrogens with zero attached hydrogens (tertiary/aromatic N) is 1. The third-order valence-corrected chi connectivity index (χ3v) is 6.95. The fourth-order valence-corrected chi connectivity index (χ4v) is 5.15. The zero-order valence-electron chi connectivity index (χ0n) is 18.8. The van der Waals surface area contributed by atoms with Crippen molar-refractivity contribution in [2.75, 3.05) is 11.1 Å². The Labute approximate surface area is 205 Å². The van der Waals surface area contributed by atoms with Crippen LogP contribution in [0.5, 0.6) is 0 Å². The molecular formula is C26H22F3N3O2S. The topological polar surface area (TPSA) is 82.0 Å². The van der Waals surface area contributed by atoms with E-state index in [-0.39, 0.29) is 17.2 Å². The van der Waals surface area contributed by atoms with E-state index in [9.17, 15) is 28.0 Å². The number of alkyl halides is 3. The van der Waals surface area contributed by atoms with Crippen molar-refractivity contribution in [1.82, 2.24) is 5.32 Å². The molecule has 0 radical (unpaired) electrons. The number of hydrogen-bond acceptors (Lipinski definition) is 5. The molecule has 1 aliphatic carbocycles. The number of carbonyl (C=O) groups is 2. The van der Waals surface area contributed by atoms with Gasteiger partial charge in [-0.3, -0.25) is 9.59 Å². The number of carbonyl (C=O) groups excluding carboxylic acids is 2. The predicted molar refractivity (Wildman–Crippen MR) is 128 cm³/mol. The summed E-state index contributed by atoms with van der Waals surface area (Å²) in [5.41, 5.74) is 2.22. The third kappa shape index (κ3) is 5.28. The lowest BCUT2D eigenvalue weighted by Crippen LogP contribution is -2.31. The van der Waals surface area contributed by atoms with Crippen LogP contribution in [-0.2, 0) is 15.8 Å². The van der Waals surface area contributed by atoms with Gasteiger partial charge in [0.15, 0.2) is 5.78 Å². The molecule has 0 saturated carbocycles. The zero-order chi connectivity index (χ0) is 25.2. The second kappa shape index (κ2) is 10.0. The molecule has 2 aliphatic rings. The molecule has 1 amide bonds. The van der Waals surface area contributed by atoms with E-state index in [0.717, 1.165) is 34.7 Å². The maximum atomic E-state index is 13.2. The number of amides is 1. The monoisotopic (exact) mass is 497 g/mol. The van der Waals surface area contributed by atoms with E-state index >= 15 is 0 Å². The molecule has 2 N–H and O–H groups in total. The van der Waals surface area contributed by atoms with Gasteiger partial charge in [-0.1, -0.05) is 53.7 Å². The quantitative estimate of drug-likeness (QED) is 0.545. The summed E-state index contributed by atoms with van der Waals surface area (Å²) in [6.45, 7) is 1.94. The lowest BCUT2D eigenvalue weighted by Gasteiger charge is -2.33. The highest BCUT2D eigenvalue weighted by Crippen LogP contribution is 2.44. The molecule has 1 aliphatic heterocycles. The Kier molecular flexibility index (Phi) is 7.03. The molecule has 1 heterocycles. The van der Waals surface area contributed by atoms with Gasteiger partial charge in [-0.15, -0.1) is 0 Å². The Hall–Kier alpha value is -3.51. The van der Waals surface area contributed by atoms with Crippen LogP contribution in [0.3, 0.4) is 0 Å². The van der Waals surface area contributed by atoms with Crippen LogP contribution in [0.1, 0.15) is 41.9 Å². The maximum Gasteiger partial charge on any atom is 0.418 e. The largest absolute Gasteiger partial charge is 0.418 e. The van der Waals surface area contributed by atoms with E-state index < -0.39 is 23.6 Å². The number of anilines is 1. The molecule has 0 bridgehead atoms. The minimum absolute atomic E-state index is 0.0115. The van der Waals surface area contributed by atoms with Crippen LogP contribution in [0.15, 0.2) is 70.4 Å². The first-order chi connectivity index (χ1) is 16.7. The number of nitriles is 1. The number of aryl methyl sites for hydroxylation is 1. The number of allylic oxidation sites excluding steroid dienone is 3. The van der Waals surface area contributed by atoms with E-state index in [1.165, 1.54) is 18.2 Å². The second-order valence-electron chi connectivity index (χ2n) is 8.37. The Balaban J connectivity index is 1.60. The first-order valence-electron chi connectivity index (χ1n) is 11.0. The number of dihydropyridines is 1. The van der Waals surface area contributed by atoms with Crippen molar-refractivity contribution >= 4 is 29.1 Å². The van der Waals surface area contributed by atoms with Crippen molar-refractivity contribution in [3.8, 4) is 6.07 Å². The summed E-state index contributed by atoms with van der Waals surface area (Å²) in [6.07, 6.45) is -2.88. The minimum atomic E-state index is -4.60. The molecule has 2 aromatic carbocycles. The maximum absolute atomic E-state index is 13.2. The average molecular weight is 498 g/mol. The summed E-state index contributed by atoms with van der Waals surface area (Å²) in [5.74, 6) is -1.41. The highest BCUT2D eigenvalue weighted by molar-refractivity contribution is 8.03. The summed E-state index contributed by atoms with van der Waals surface area (Å²) in [4.78, 5) is 25.4. The van der Waals surface area contributed by atoms with Crippen LogP contribution in [0.2, 0.25) is 0 Å². The predicted octanol–water partition coefficient (Wildman–Crippen LogP) is 5.81. The van der Waals surface area contributed by atoms with Gasteiger partial charge in [0.2, 0.25) is 5.91 Å². The van der Waals surface area contributed by atoms with Gasteiger partial charge in [-0.25, -0.2) is 0 Å². The molecule has 0 spiro atoms. The molecule has 0 fully saturated rings. The summed E-state index contributed by atoms with van der Waals surface area (Å²) in [6, 6.07) is 14.6. The number of hydrogen-bond donors (Lipinski definition) is 2. The van der Waals surface area contributed by atoms with Crippen molar-refractivity contribution in [2.45, 2.75) is 38.3 Å². The normalized spacial score (nSPS) is 18.0. The van der Waals surface area contributed by atoms with Crippen molar-refractivity contribution in [3.63, 3.8) is 0 Å². The second-order valence-corrected chi connectivity index (χ2v) is 9.36. The Bertz CT molecular complexity index is 1270. The summed E-state index contributed by atoms with van der Waals surface area (Å²) < 4.78 is 39.7. The molecule has 0 saturated heterocycles. The number of para-hydroxylation sites is 1. The van der Waals surface area contributed by atoms with Gasteiger partial charge in [0.05, 0.1) is 39.6 Å². The Morgan fingerprint density at radius 3 is 2.57 bits per heavy atom. The van der Waals surface area contributed by atoms with Crippen molar-refractivity contribution in [3.05, 3.63) is 87.1 Å².